The minimum absolute atomic E-state index is 0.0458. The van der Waals surface area contributed by atoms with E-state index in [9.17, 15) is 15.2 Å². The molecule has 2 N–H and O–H groups in total. The summed E-state index contributed by atoms with van der Waals surface area (Å²) in [6, 6.07) is 6.00. The van der Waals surface area contributed by atoms with E-state index in [0.717, 1.165) is 5.56 Å². The van der Waals surface area contributed by atoms with Crippen molar-refractivity contribution in [1.29, 1.82) is 0 Å². The second kappa shape index (κ2) is 4.64. The number of non-ortho nitro benzene ring substituents is 1. The number of aliphatic hydroxyl groups excluding tert-OH is 1. The van der Waals surface area contributed by atoms with E-state index in [0.29, 0.717) is 0 Å². The number of aliphatic hydroxyl groups is 1. The highest BCUT2D eigenvalue weighted by atomic mass is 16.6. The van der Waals surface area contributed by atoms with Crippen LogP contribution in [0.1, 0.15) is 25.5 Å². The fourth-order valence-electron chi connectivity index (χ4n) is 2.18. The van der Waals surface area contributed by atoms with Gasteiger partial charge < -0.3 is 9.84 Å². The van der Waals surface area contributed by atoms with Gasteiger partial charge in [0.05, 0.1) is 17.6 Å². The molecular weight excluding hydrogens is 236 g/mol. The predicted octanol–water partition coefficient (Wildman–Crippen LogP) is 1.35. The summed E-state index contributed by atoms with van der Waals surface area (Å²) >= 11 is 0. The van der Waals surface area contributed by atoms with Crippen LogP contribution < -0.4 is 5.32 Å². The molecule has 1 aromatic rings. The maximum Gasteiger partial charge on any atom is 0.269 e. The number of hydrogen-bond donors (Lipinski definition) is 2. The molecule has 1 fully saturated rings. The van der Waals surface area contributed by atoms with E-state index in [-0.39, 0.29) is 24.4 Å². The topological polar surface area (TPSA) is 84.6 Å². The maximum absolute atomic E-state index is 10.6. The lowest BCUT2D eigenvalue weighted by atomic mass is 10.0. The average molecular weight is 252 g/mol. The molecule has 0 amide bonds. The largest absolute Gasteiger partial charge is 0.395 e. The minimum Gasteiger partial charge on any atom is -0.395 e. The molecule has 0 aromatic heterocycles. The van der Waals surface area contributed by atoms with Gasteiger partial charge in [0, 0.05) is 12.1 Å². The third-order valence-corrected chi connectivity index (χ3v) is 2.95. The van der Waals surface area contributed by atoms with Crippen molar-refractivity contribution in [2.75, 3.05) is 6.61 Å². The molecule has 2 atom stereocenters. The van der Waals surface area contributed by atoms with Gasteiger partial charge in [0.25, 0.3) is 5.69 Å². The molecule has 0 radical (unpaired) electrons. The smallest absolute Gasteiger partial charge is 0.269 e. The molecule has 2 rings (SSSR count). The van der Waals surface area contributed by atoms with Crippen molar-refractivity contribution < 1.29 is 14.8 Å². The number of rotatable bonds is 3. The summed E-state index contributed by atoms with van der Waals surface area (Å²) in [5.41, 5.74) is 0.349. The highest BCUT2D eigenvalue weighted by Crippen LogP contribution is 2.33. The van der Waals surface area contributed by atoms with E-state index < -0.39 is 10.6 Å². The zero-order valence-electron chi connectivity index (χ0n) is 10.3. The molecule has 1 saturated heterocycles. The molecule has 1 aromatic carbocycles. The van der Waals surface area contributed by atoms with Crippen LogP contribution in [0.4, 0.5) is 5.69 Å². The van der Waals surface area contributed by atoms with E-state index in [4.69, 9.17) is 4.74 Å². The Balaban J connectivity index is 2.23. The lowest BCUT2D eigenvalue weighted by molar-refractivity contribution is -0.384. The van der Waals surface area contributed by atoms with Crippen LogP contribution in [0.3, 0.4) is 0 Å². The Kier molecular flexibility index (Phi) is 3.34. The van der Waals surface area contributed by atoms with E-state index in [1.54, 1.807) is 12.1 Å². The van der Waals surface area contributed by atoms with Gasteiger partial charge in [-0.2, -0.15) is 0 Å². The van der Waals surface area contributed by atoms with Crippen LogP contribution in [0.15, 0.2) is 24.3 Å². The van der Waals surface area contributed by atoms with Crippen molar-refractivity contribution in [2.24, 2.45) is 0 Å². The van der Waals surface area contributed by atoms with E-state index >= 15 is 0 Å². The number of nitro groups is 1. The Morgan fingerprint density at radius 2 is 2.06 bits per heavy atom. The molecule has 0 spiro atoms. The predicted molar refractivity (Wildman–Crippen MR) is 65.0 cm³/mol. The fraction of sp³-hybridized carbons (Fsp3) is 0.500. The number of nitrogens with zero attached hydrogens (tertiary/aromatic N) is 1. The van der Waals surface area contributed by atoms with Crippen molar-refractivity contribution in [1.82, 2.24) is 5.32 Å². The summed E-state index contributed by atoms with van der Waals surface area (Å²) in [7, 11) is 0. The Bertz CT molecular complexity index is 444. The Labute approximate surface area is 105 Å². The Hall–Kier alpha value is -1.50. The van der Waals surface area contributed by atoms with Crippen LogP contribution in [0.5, 0.6) is 0 Å². The number of benzene rings is 1. The number of nitro benzene ring substituents is 1. The first-order chi connectivity index (χ1) is 8.43. The number of hydrogen-bond acceptors (Lipinski definition) is 5. The molecule has 0 saturated carbocycles. The quantitative estimate of drug-likeness (QED) is 0.626. The van der Waals surface area contributed by atoms with E-state index in [2.05, 4.69) is 5.32 Å². The van der Waals surface area contributed by atoms with Crippen LogP contribution in [0.25, 0.3) is 0 Å². The van der Waals surface area contributed by atoms with Gasteiger partial charge in [-0.25, -0.2) is 0 Å². The van der Waals surface area contributed by atoms with Crippen LogP contribution in [0, 0.1) is 10.1 Å². The molecule has 0 aliphatic carbocycles. The standard InChI is InChI=1S/C12H16N2O4/c1-12(2)13-10(7-15)11(18-12)8-3-5-9(6-4-8)14(16)17/h3-6,10-11,13,15H,7H2,1-2H3/t10-,11-/m0/s1. The van der Waals surface area contributed by atoms with Crippen molar-refractivity contribution in [3.05, 3.63) is 39.9 Å². The van der Waals surface area contributed by atoms with Gasteiger partial charge in [-0.3, -0.25) is 15.4 Å². The zero-order chi connectivity index (χ0) is 13.3. The minimum atomic E-state index is -0.514. The second-order valence-corrected chi connectivity index (χ2v) is 4.83. The zero-order valence-corrected chi connectivity index (χ0v) is 10.3. The molecule has 6 heteroatoms. The summed E-state index contributed by atoms with van der Waals surface area (Å²) in [5, 5.41) is 23.1. The van der Waals surface area contributed by atoms with Gasteiger partial charge in [-0.1, -0.05) is 0 Å². The van der Waals surface area contributed by atoms with Crippen molar-refractivity contribution in [2.45, 2.75) is 31.7 Å². The lowest BCUT2D eigenvalue weighted by Crippen LogP contribution is -2.40. The maximum atomic E-state index is 10.6. The van der Waals surface area contributed by atoms with Crippen LogP contribution in [-0.2, 0) is 4.74 Å². The Morgan fingerprint density at radius 1 is 1.44 bits per heavy atom. The molecular formula is C12H16N2O4. The molecule has 6 nitrogen and oxygen atoms in total. The van der Waals surface area contributed by atoms with E-state index in [1.807, 2.05) is 13.8 Å². The van der Waals surface area contributed by atoms with Crippen molar-refractivity contribution in [3.63, 3.8) is 0 Å². The van der Waals surface area contributed by atoms with Gasteiger partial charge in [-0.15, -0.1) is 0 Å². The van der Waals surface area contributed by atoms with Gasteiger partial charge in [-0.05, 0) is 31.5 Å². The van der Waals surface area contributed by atoms with E-state index in [1.165, 1.54) is 12.1 Å². The molecule has 0 unspecified atom stereocenters. The van der Waals surface area contributed by atoms with Crippen LogP contribution >= 0.6 is 0 Å². The summed E-state index contributed by atoms with van der Waals surface area (Å²) in [6.07, 6.45) is -0.300. The second-order valence-electron chi connectivity index (χ2n) is 4.83. The van der Waals surface area contributed by atoms with Gasteiger partial charge >= 0.3 is 0 Å². The molecule has 0 bridgehead atoms. The normalized spacial score (nSPS) is 26.2. The summed E-state index contributed by atoms with van der Waals surface area (Å²) < 4.78 is 5.80. The van der Waals surface area contributed by atoms with Crippen LogP contribution in [-0.4, -0.2) is 28.4 Å². The molecule has 98 valence electrons. The first-order valence-electron chi connectivity index (χ1n) is 5.74. The molecule has 1 heterocycles. The first kappa shape index (κ1) is 12.9. The highest BCUT2D eigenvalue weighted by Gasteiger charge is 2.39. The first-order valence-corrected chi connectivity index (χ1v) is 5.74. The number of nitrogens with one attached hydrogen (secondary N) is 1. The lowest BCUT2D eigenvalue weighted by Gasteiger charge is -2.18. The van der Waals surface area contributed by atoms with Gasteiger partial charge in [0.15, 0.2) is 0 Å². The van der Waals surface area contributed by atoms with Gasteiger partial charge in [0.1, 0.15) is 11.8 Å². The SMILES string of the molecule is CC1(C)N[C@@H](CO)[C@H](c2ccc([N+](=O)[O-])cc2)O1. The Morgan fingerprint density at radius 3 is 2.56 bits per heavy atom. The summed E-state index contributed by atoms with van der Waals surface area (Å²) in [6.45, 7) is 3.70. The fourth-order valence-corrected chi connectivity index (χ4v) is 2.18. The average Bonchev–Trinajstić information content (AvgIpc) is 2.65. The molecule has 1 aliphatic rings. The van der Waals surface area contributed by atoms with Crippen molar-refractivity contribution >= 4 is 5.69 Å². The summed E-state index contributed by atoms with van der Waals surface area (Å²) in [4.78, 5) is 10.1. The van der Waals surface area contributed by atoms with Gasteiger partial charge in [0.2, 0.25) is 0 Å². The third kappa shape index (κ3) is 2.50. The van der Waals surface area contributed by atoms with Crippen molar-refractivity contribution in [3.8, 4) is 0 Å². The highest BCUT2D eigenvalue weighted by molar-refractivity contribution is 5.34. The molecule has 18 heavy (non-hydrogen) atoms. The number of ether oxygens (including phenoxy) is 1. The molecule has 1 aliphatic heterocycles. The van der Waals surface area contributed by atoms with Crippen LogP contribution in [0.2, 0.25) is 0 Å². The monoisotopic (exact) mass is 252 g/mol. The summed E-state index contributed by atoms with van der Waals surface area (Å²) in [5.74, 6) is 0. The third-order valence-electron chi connectivity index (χ3n) is 2.95.